The molecule has 0 aromatic heterocycles. The Kier molecular flexibility index (Phi) is 8.33. The van der Waals surface area contributed by atoms with Gasteiger partial charge in [0, 0.05) is 13.1 Å². The predicted molar refractivity (Wildman–Crippen MR) is 91.4 cm³/mol. The summed E-state index contributed by atoms with van der Waals surface area (Å²) in [5.74, 6) is 0.961. The van der Waals surface area contributed by atoms with Crippen molar-refractivity contribution in [1.82, 2.24) is 10.0 Å². The van der Waals surface area contributed by atoms with Gasteiger partial charge in [0.1, 0.15) is 0 Å². The quantitative estimate of drug-likeness (QED) is 0.647. The Morgan fingerprint density at radius 3 is 2.67 bits per heavy atom. The zero-order valence-electron chi connectivity index (χ0n) is 13.1. The van der Waals surface area contributed by atoms with Crippen LogP contribution in [0.25, 0.3) is 0 Å². The summed E-state index contributed by atoms with van der Waals surface area (Å²) in [6.07, 6.45) is 3.93. The molecule has 0 heterocycles. The van der Waals surface area contributed by atoms with E-state index in [2.05, 4.69) is 17.0 Å². The maximum atomic E-state index is 12.4. The topological polar surface area (TPSA) is 58.2 Å². The molecule has 0 amide bonds. The first-order valence-electron chi connectivity index (χ1n) is 7.30. The number of hydrogen-bond acceptors (Lipinski definition) is 4. The minimum atomic E-state index is -3.41. The van der Waals surface area contributed by atoms with Gasteiger partial charge >= 0.3 is 0 Å². The predicted octanol–water partition coefficient (Wildman–Crippen LogP) is 2.53. The summed E-state index contributed by atoms with van der Waals surface area (Å²) in [4.78, 5) is 0.391. The summed E-state index contributed by atoms with van der Waals surface area (Å²) < 4.78 is 27.4. The fourth-order valence-corrected chi connectivity index (χ4v) is 3.75. The molecule has 120 valence electrons. The molecule has 0 spiro atoms. The highest BCUT2D eigenvalue weighted by atomic mass is 32.2. The number of aryl methyl sites for hydroxylation is 1. The zero-order valence-corrected chi connectivity index (χ0v) is 14.7. The molecule has 1 aromatic carbocycles. The molecule has 0 bridgehead atoms. The van der Waals surface area contributed by atoms with E-state index in [1.54, 1.807) is 17.8 Å². The van der Waals surface area contributed by atoms with Crippen LogP contribution in [0.5, 0.6) is 0 Å². The van der Waals surface area contributed by atoms with Crippen LogP contribution in [0.3, 0.4) is 0 Å². The smallest absolute Gasteiger partial charge is 0.240 e. The Morgan fingerprint density at radius 2 is 2.00 bits per heavy atom. The average Bonchev–Trinajstić information content (AvgIpc) is 2.45. The van der Waals surface area contributed by atoms with Crippen LogP contribution >= 0.6 is 11.8 Å². The van der Waals surface area contributed by atoms with Crippen molar-refractivity contribution in [3.05, 3.63) is 29.3 Å². The van der Waals surface area contributed by atoms with Crippen LogP contribution in [0, 0.1) is 6.92 Å². The molecule has 0 aliphatic carbocycles. The lowest BCUT2D eigenvalue weighted by Crippen LogP contribution is -2.26. The van der Waals surface area contributed by atoms with Gasteiger partial charge in [0.2, 0.25) is 10.0 Å². The third kappa shape index (κ3) is 6.38. The lowest BCUT2D eigenvalue weighted by molar-refractivity contribution is 0.580. The van der Waals surface area contributed by atoms with E-state index < -0.39 is 10.0 Å². The maximum absolute atomic E-state index is 12.4. The maximum Gasteiger partial charge on any atom is 0.240 e. The van der Waals surface area contributed by atoms with Gasteiger partial charge in [-0.25, -0.2) is 13.1 Å². The lowest BCUT2D eigenvalue weighted by atomic mass is 10.1. The summed E-state index contributed by atoms with van der Waals surface area (Å²) in [6.45, 7) is 6.06. The van der Waals surface area contributed by atoms with Crippen molar-refractivity contribution >= 4 is 21.8 Å². The van der Waals surface area contributed by atoms with E-state index in [1.807, 2.05) is 25.3 Å². The summed E-state index contributed by atoms with van der Waals surface area (Å²) in [5.41, 5.74) is 1.78. The fourth-order valence-electron chi connectivity index (χ4n) is 1.95. The Hall–Kier alpha value is -0.560. The van der Waals surface area contributed by atoms with Crippen molar-refractivity contribution in [3.63, 3.8) is 0 Å². The average molecular weight is 331 g/mol. The SMILES string of the molecule is CCCNCc1ccc(C)c(S(=O)(=O)NCCCSC)c1. The first-order chi connectivity index (χ1) is 10.0. The van der Waals surface area contributed by atoms with E-state index in [4.69, 9.17) is 0 Å². The molecule has 0 fully saturated rings. The molecule has 0 radical (unpaired) electrons. The van der Waals surface area contributed by atoms with Crippen LogP contribution in [0.1, 0.15) is 30.9 Å². The fraction of sp³-hybridized carbons (Fsp3) is 0.600. The van der Waals surface area contributed by atoms with Crippen molar-refractivity contribution in [2.24, 2.45) is 0 Å². The van der Waals surface area contributed by atoms with Crippen LogP contribution < -0.4 is 10.0 Å². The third-order valence-corrected chi connectivity index (χ3v) is 5.42. The van der Waals surface area contributed by atoms with E-state index in [-0.39, 0.29) is 0 Å². The molecule has 0 atom stereocenters. The van der Waals surface area contributed by atoms with E-state index in [0.717, 1.165) is 36.3 Å². The van der Waals surface area contributed by atoms with Crippen molar-refractivity contribution in [1.29, 1.82) is 0 Å². The number of benzene rings is 1. The highest BCUT2D eigenvalue weighted by Crippen LogP contribution is 2.17. The highest BCUT2D eigenvalue weighted by molar-refractivity contribution is 7.98. The van der Waals surface area contributed by atoms with Gasteiger partial charge in [-0.1, -0.05) is 19.1 Å². The van der Waals surface area contributed by atoms with Gasteiger partial charge in [-0.3, -0.25) is 0 Å². The summed E-state index contributed by atoms with van der Waals surface area (Å²) in [7, 11) is -3.41. The van der Waals surface area contributed by atoms with Gasteiger partial charge in [0.15, 0.2) is 0 Å². The zero-order chi connectivity index (χ0) is 15.7. The molecule has 0 saturated heterocycles. The number of rotatable bonds is 10. The number of hydrogen-bond donors (Lipinski definition) is 2. The molecule has 0 aliphatic rings. The molecule has 21 heavy (non-hydrogen) atoms. The second-order valence-corrected chi connectivity index (χ2v) is 7.74. The molecule has 6 heteroatoms. The van der Waals surface area contributed by atoms with E-state index in [9.17, 15) is 8.42 Å². The van der Waals surface area contributed by atoms with E-state index >= 15 is 0 Å². The van der Waals surface area contributed by atoms with Gasteiger partial charge < -0.3 is 5.32 Å². The summed E-state index contributed by atoms with van der Waals surface area (Å²) in [5, 5.41) is 3.29. The van der Waals surface area contributed by atoms with Crippen molar-refractivity contribution in [2.75, 3.05) is 25.1 Å². The lowest BCUT2D eigenvalue weighted by Gasteiger charge is -2.11. The molecule has 0 aliphatic heterocycles. The second-order valence-electron chi connectivity index (χ2n) is 5.02. The van der Waals surface area contributed by atoms with E-state index in [0.29, 0.717) is 18.0 Å². The minimum Gasteiger partial charge on any atom is -0.313 e. The van der Waals surface area contributed by atoms with Crippen LogP contribution in [-0.4, -0.2) is 33.5 Å². The van der Waals surface area contributed by atoms with Crippen LogP contribution in [0.15, 0.2) is 23.1 Å². The molecular formula is C15H26N2O2S2. The third-order valence-electron chi connectivity index (χ3n) is 3.12. The monoisotopic (exact) mass is 330 g/mol. The van der Waals surface area contributed by atoms with Gasteiger partial charge in [-0.05, 0) is 55.5 Å². The molecule has 4 nitrogen and oxygen atoms in total. The first kappa shape index (κ1) is 18.5. The molecule has 1 aromatic rings. The normalized spacial score (nSPS) is 11.8. The van der Waals surface area contributed by atoms with Gasteiger partial charge in [-0.2, -0.15) is 11.8 Å². The van der Waals surface area contributed by atoms with Crippen molar-refractivity contribution < 1.29 is 8.42 Å². The Balaban J connectivity index is 2.77. The Bertz CT molecular complexity index is 530. The molecule has 1 rings (SSSR count). The number of sulfonamides is 1. The molecular weight excluding hydrogens is 304 g/mol. The van der Waals surface area contributed by atoms with Crippen LogP contribution in [0.2, 0.25) is 0 Å². The number of thioether (sulfide) groups is 1. The van der Waals surface area contributed by atoms with Crippen LogP contribution in [-0.2, 0) is 16.6 Å². The van der Waals surface area contributed by atoms with Gasteiger partial charge in [0.05, 0.1) is 4.90 Å². The minimum absolute atomic E-state index is 0.391. The Morgan fingerprint density at radius 1 is 1.24 bits per heavy atom. The van der Waals surface area contributed by atoms with Gasteiger partial charge in [-0.15, -0.1) is 0 Å². The second kappa shape index (κ2) is 9.46. The van der Waals surface area contributed by atoms with Crippen molar-refractivity contribution in [2.45, 2.75) is 38.1 Å². The Labute approximate surface area is 133 Å². The number of nitrogens with one attached hydrogen (secondary N) is 2. The van der Waals surface area contributed by atoms with E-state index in [1.165, 1.54) is 0 Å². The molecule has 0 saturated carbocycles. The molecule has 2 N–H and O–H groups in total. The largest absolute Gasteiger partial charge is 0.313 e. The standard InChI is InChI=1S/C15H26N2O2S2/c1-4-8-16-12-14-7-6-13(2)15(11-14)21(18,19)17-9-5-10-20-3/h6-7,11,16-17H,4-5,8-10,12H2,1-3H3. The first-order valence-corrected chi connectivity index (χ1v) is 10.2. The molecule has 0 unspecified atom stereocenters. The van der Waals surface area contributed by atoms with Crippen molar-refractivity contribution in [3.8, 4) is 0 Å². The van der Waals surface area contributed by atoms with Gasteiger partial charge in [0.25, 0.3) is 0 Å². The summed E-state index contributed by atoms with van der Waals surface area (Å²) >= 11 is 1.72. The summed E-state index contributed by atoms with van der Waals surface area (Å²) in [6, 6.07) is 5.62. The highest BCUT2D eigenvalue weighted by Gasteiger charge is 2.16. The van der Waals surface area contributed by atoms with Crippen LogP contribution in [0.4, 0.5) is 0 Å².